The molecule has 18 heavy (non-hydrogen) atoms. The average Bonchev–Trinajstić information content (AvgIpc) is 2.50. The highest BCUT2D eigenvalue weighted by molar-refractivity contribution is 7.92. The van der Waals surface area contributed by atoms with Crippen LogP contribution < -0.4 is 0 Å². The molecule has 4 nitrogen and oxygen atoms in total. The van der Waals surface area contributed by atoms with Crippen molar-refractivity contribution < 1.29 is 18.3 Å². The number of rotatable bonds is 2. The van der Waals surface area contributed by atoms with E-state index in [1.54, 1.807) is 6.07 Å². The fraction of sp³-hybridized carbons (Fsp3) is 0.417. The largest absolute Gasteiger partial charge is 0.481 e. The number of hydrogen-bond acceptors (Lipinski definition) is 3. The Morgan fingerprint density at radius 2 is 2.06 bits per heavy atom. The minimum absolute atomic E-state index is 0.192. The third kappa shape index (κ3) is 1.82. The van der Waals surface area contributed by atoms with Gasteiger partial charge in [0.05, 0.1) is 15.6 Å². The highest BCUT2D eigenvalue weighted by atomic mass is 35.5. The Labute approximate surface area is 110 Å². The van der Waals surface area contributed by atoms with Crippen LogP contribution in [0.4, 0.5) is 0 Å². The van der Waals surface area contributed by atoms with E-state index in [4.69, 9.17) is 11.6 Å². The van der Waals surface area contributed by atoms with Crippen molar-refractivity contribution in [1.29, 1.82) is 0 Å². The van der Waals surface area contributed by atoms with Crippen LogP contribution >= 0.6 is 11.6 Å². The maximum Gasteiger partial charge on any atom is 0.310 e. The maximum absolute atomic E-state index is 12.3. The molecule has 0 aliphatic carbocycles. The molecule has 1 aliphatic heterocycles. The molecule has 0 radical (unpaired) electrons. The Balaban J connectivity index is 2.57. The van der Waals surface area contributed by atoms with Gasteiger partial charge in [0, 0.05) is 5.02 Å². The van der Waals surface area contributed by atoms with E-state index < -0.39 is 26.5 Å². The minimum atomic E-state index is -3.61. The van der Waals surface area contributed by atoms with Gasteiger partial charge in [-0.25, -0.2) is 8.42 Å². The molecule has 0 bridgehead atoms. The molecule has 0 spiro atoms. The van der Waals surface area contributed by atoms with Gasteiger partial charge in [-0.3, -0.25) is 4.79 Å². The van der Waals surface area contributed by atoms with Crippen molar-refractivity contribution in [2.24, 2.45) is 5.41 Å². The highest BCUT2D eigenvalue weighted by Crippen LogP contribution is 2.41. The zero-order chi connectivity index (χ0) is 13.7. The molecule has 98 valence electrons. The Morgan fingerprint density at radius 1 is 1.44 bits per heavy atom. The summed E-state index contributed by atoms with van der Waals surface area (Å²) in [5, 5.41) is 8.69. The number of carboxylic acid groups (broad SMARTS) is 1. The van der Waals surface area contributed by atoms with E-state index in [1.165, 1.54) is 26.0 Å². The summed E-state index contributed by atoms with van der Waals surface area (Å²) in [6.07, 6.45) is 0.192. The normalized spacial score (nSPS) is 21.6. The van der Waals surface area contributed by atoms with E-state index in [-0.39, 0.29) is 11.3 Å². The SMILES string of the molecule is CC(C)(C(=O)O)C1Cc2cc(Cl)ccc2S1(=O)=O. The van der Waals surface area contributed by atoms with E-state index in [0.29, 0.717) is 10.6 Å². The summed E-state index contributed by atoms with van der Waals surface area (Å²) < 4.78 is 24.7. The number of halogens is 1. The monoisotopic (exact) mass is 288 g/mol. The standard InChI is InChI=1S/C12H13ClO4S/c1-12(2,11(14)15)10-6-7-5-8(13)3-4-9(7)18(10,16)17/h3-5,10H,6H2,1-2H3,(H,14,15). The molecule has 1 heterocycles. The second-order valence-corrected chi connectivity index (χ2v) is 7.55. The quantitative estimate of drug-likeness (QED) is 0.905. The van der Waals surface area contributed by atoms with Gasteiger partial charge in [-0.2, -0.15) is 0 Å². The second-order valence-electron chi connectivity index (χ2n) is 5.02. The molecule has 2 rings (SSSR count). The topological polar surface area (TPSA) is 71.4 Å². The summed E-state index contributed by atoms with van der Waals surface area (Å²) >= 11 is 5.83. The first-order valence-electron chi connectivity index (χ1n) is 5.43. The summed E-state index contributed by atoms with van der Waals surface area (Å²) in [6.45, 7) is 2.87. The number of carbonyl (C=O) groups is 1. The number of aliphatic carboxylic acids is 1. The molecule has 0 aromatic heterocycles. The zero-order valence-electron chi connectivity index (χ0n) is 9.97. The summed E-state index contributed by atoms with van der Waals surface area (Å²) in [5.41, 5.74) is -0.730. The molecule has 0 fully saturated rings. The second kappa shape index (κ2) is 3.96. The van der Waals surface area contributed by atoms with Crippen LogP contribution in [0.25, 0.3) is 0 Å². The van der Waals surface area contributed by atoms with E-state index in [1.807, 2.05) is 0 Å². The third-order valence-corrected chi connectivity index (χ3v) is 6.22. The molecule has 1 aromatic rings. The molecular formula is C12H13ClO4S. The smallest absolute Gasteiger partial charge is 0.310 e. The zero-order valence-corrected chi connectivity index (χ0v) is 11.5. The molecular weight excluding hydrogens is 276 g/mol. The van der Waals surface area contributed by atoms with Crippen molar-refractivity contribution in [3.8, 4) is 0 Å². The molecule has 1 aliphatic rings. The Bertz CT molecular complexity index is 619. The molecule has 1 unspecified atom stereocenters. The lowest BCUT2D eigenvalue weighted by molar-refractivity contribution is -0.146. The summed E-state index contributed by atoms with van der Waals surface area (Å²) in [4.78, 5) is 11.4. The van der Waals surface area contributed by atoms with Gasteiger partial charge in [0.2, 0.25) is 0 Å². The predicted molar refractivity (Wildman–Crippen MR) is 67.5 cm³/mol. The number of benzene rings is 1. The summed E-state index contributed by atoms with van der Waals surface area (Å²) in [5.74, 6) is -1.12. The van der Waals surface area contributed by atoms with Crippen LogP contribution in [0.3, 0.4) is 0 Å². The fourth-order valence-electron chi connectivity index (χ4n) is 2.23. The summed E-state index contributed by atoms with van der Waals surface area (Å²) in [6, 6.07) is 4.55. The van der Waals surface area contributed by atoms with E-state index in [9.17, 15) is 18.3 Å². The van der Waals surface area contributed by atoms with Crippen LogP contribution in [0.15, 0.2) is 23.1 Å². The van der Waals surface area contributed by atoms with Crippen LogP contribution in [-0.2, 0) is 21.1 Å². The van der Waals surface area contributed by atoms with Crippen molar-refractivity contribution >= 4 is 27.4 Å². The number of fused-ring (bicyclic) bond motifs is 1. The summed E-state index contributed by atoms with van der Waals surface area (Å²) in [7, 11) is -3.61. The van der Waals surface area contributed by atoms with Crippen LogP contribution in [0.1, 0.15) is 19.4 Å². The predicted octanol–water partition coefficient (Wildman–Crippen LogP) is 2.15. The average molecular weight is 289 g/mol. The van der Waals surface area contributed by atoms with E-state index in [2.05, 4.69) is 0 Å². The van der Waals surface area contributed by atoms with Gasteiger partial charge in [0.1, 0.15) is 0 Å². The first-order chi connectivity index (χ1) is 8.17. The molecule has 6 heteroatoms. The van der Waals surface area contributed by atoms with Crippen LogP contribution in [0.5, 0.6) is 0 Å². The molecule has 1 atom stereocenters. The lowest BCUT2D eigenvalue weighted by atomic mass is 9.86. The van der Waals surface area contributed by atoms with E-state index in [0.717, 1.165) is 0 Å². The van der Waals surface area contributed by atoms with Crippen LogP contribution in [0, 0.1) is 5.41 Å². The fourth-order valence-corrected chi connectivity index (χ4v) is 4.77. The van der Waals surface area contributed by atoms with Gasteiger partial charge in [0.25, 0.3) is 0 Å². The number of hydrogen-bond donors (Lipinski definition) is 1. The molecule has 0 amide bonds. The van der Waals surface area contributed by atoms with Gasteiger partial charge in [0.15, 0.2) is 9.84 Å². The van der Waals surface area contributed by atoms with Crippen molar-refractivity contribution in [2.75, 3.05) is 0 Å². The van der Waals surface area contributed by atoms with Crippen molar-refractivity contribution in [3.63, 3.8) is 0 Å². The maximum atomic E-state index is 12.3. The first-order valence-corrected chi connectivity index (χ1v) is 7.35. The number of carboxylic acids is 1. The Hall–Kier alpha value is -1.07. The highest BCUT2D eigenvalue weighted by Gasteiger charge is 2.49. The minimum Gasteiger partial charge on any atom is -0.481 e. The van der Waals surface area contributed by atoms with Crippen molar-refractivity contribution in [3.05, 3.63) is 28.8 Å². The van der Waals surface area contributed by atoms with Crippen molar-refractivity contribution in [2.45, 2.75) is 30.4 Å². The lowest BCUT2D eigenvalue weighted by Gasteiger charge is -2.25. The first kappa shape index (κ1) is 13.4. The lowest BCUT2D eigenvalue weighted by Crippen LogP contribution is -2.41. The molecule has 1 aromatic carbocycles. The van der Waals surface area contributed by atoms with Gasteiger partial charge in [-0.15, -0.1) is 0 Å². The Kier molecular flexibility index (Phi) is 2.94. The number of sulfone groups is 1. The van der Waals surface area contributed by atoms with Crippen LogP contribution in [0.2, 0.25) is 5.02 Å². The molecule has 0 saturated carbocycles. The Morgan fingerprint density at radius 3 is 2.61 bits per heavy atom. The van der Waals surface area contributed by atoms with Crippen molar-refractivity contribution in [1.82, 2.24) is 0 Å². The molecule has 0 saturated heterocycles. The van der Waals surface area contributed by atoms with E-state index >= 15 is 0 Å². The van der Waals surface area contributed by atoms with Gasteiger partial charge >= 0.3 is 5.97 Å². The van der Waals surface area contributed by atoms with Gasteiger partial charge < -0.3 is 5.11 Å². The van der Waals surface area contributed by atoms with Gasteiger partial charge in [-0.05, 0) is 44.0 Å². The van der Waals surface area contributed by atoms with Crippen LogP contribution in [-0.4, -0.2) is 24.7 Å². The third-order valence-electron chi connectivity index (χ3n) is 3.47. The molecule has 1 N–H and O–H groups in total. The van der Waals surface area contributed by atoms with Gasteiger partial charge in [-0.1, -0.05) is 11.6 Å².